The van der Waals surface area contributed by atoms with Gasteiger partial charge in [0.15, 0.2) is 0 Å². The van der Waals surface area contributed by atoms with Gasteiger partial charge in [0.2, 0.25) is 14.2 Å². The van der Waals surface area contributed by atoms with Gasteiger partial charge in [-0.3, -0.25) is 4.79 Å². The van der Waals surface area contributed by atoms with Crippen LogP contribution >= 0.6 is 0 Å². The zero-order valence-corrected chi connectivity index (χ0v) is 15.5. The molecular weight excluding hydrogens is 306 g/mol. The largest absolute Gasteiger partial charge is 0.544 e. The van der Waals surface area contributed by atoms with E-state index in [1.54, 1.807) is 0 Å². The van der Waals surface area contributed by atoms with E-state index in [0.29, 0.717) is 19.4 Å². The highest BCUT2D eigenvalue weighted by atomic mass is 28.4. The summed E-state index contributed by atoms with van der Waals surface area (Å²) in [7, 11) is -1.67. The summed E-state index contributed by atoms with van der Waals surface area (Å²) in [4.78, 5) is 11.6. The molecule has 1 fully saturated rings. The van der Waals surface area contributed by atoms with E-state index < -0.39 is 8.32 Å². The molecule has 1 aromatic carbocycles. The Bertz CT molecular complexity index is 530. The number of aliphatic hydroxyl groups is 1. The predicted octanol–water partition coefficient (Wildman–Crippen LogP) is 3.21. The smallest absolute Gasteiger partial charge is 0.245 e. The highest BCUT2D eigenvalue weighted by molar-refractivity contribution is 6.71. The van der Waals surface area contributed by atoms with Gasteiger partial charge in [0.05, 0.1) is 0 Å². The van der Waals surface area contributed by atoms with Gasteiger partial charge < -0.3 is 14.8 Å². The van der Waals surface area contributed by atoms with Crippen LogP contribution in [-0.2, 0) is 10.2 Å². The van der Waals surface area contributed by atoms with E-state index in [4.69, 9.17) is 4.43 Å². The van der Waals surface area contributed by atoms with E-state index in [2.05, 4.69) is 37.5 Å². The molecule has 1 aliphatic heterocycles. The normalized spacial score (nSPS) is 21.3. The number of carbonyl (C=O) groups is 1. The maximum Gasteiger partial charge on any atom is 0.245 e. The Kier molecular flexibility index (Phi) is 5.87. The van der Waals surface area contributed by atoms with E-state index in [9.17, 15) is 9.90 Å². The minimum absolute atomic E-state index is 0.0619. The molecule has 1 saturated heterocycles. The molecule has 1 atom stereocenters. The average Bonchev–Trinajstić information content (AvgIpc) is 2.88. The van der Waals surface area contributed by atoms with E-state index in [1.165, 1.54) is 12.8 Å². The van der Waals surface area contributed by atoms with Crippen molar-refractivity contribution in [3.8, 4) is 5.75 Å². The molecule has 2 N–H and O–H groups in total. The van der Waals surface area contributed by atoms with Gasteiger partial charge in [-0.25, -0.2) is 0 Å². The molecule has 1 amide bonds. The molecule has 23 heavy (non-hydrogen) atoms. The summed E-state index contributed by atoms with van der Waals surface area (Å²) in [6, 6.07) is 9.29. The molecule has 0 saturated carbocycles. The Morgan fingerprint density at radius 1 is 1.30 bits per heavy atom. The van der Waals surface area contributed by atoms with Crippen molar-refractivity contribution >= 4 is 14.2 Å². The van der Waals surface area contributed by atoms with E-state index in [1.807, 2.05) is 12.1 Å². The van der Waals surface area contributed by atoms with Gasteiger partial charge in [-0.1, -0.05) is 31.9 Å². The molecule has 1 unspecified atom stereocenters. The van der Waals surface area contributed by atoms with Crippen LogP contribution in [0.25, 0.3) is 0 Å². The van der Waals surface area contributed by atoms with Crippen molar-refractivity contribution in [3.63, 3.8) is 0 Å². The summed E-state index contributed by atoms with van der Waals surface area (Å²) >= 11 is 0. The zero-order chi connectivity index (χ0) is 16.9. The lowest BCUT2D eigenvalue weighted by Gasteiger charge is -2.28. The number of amides is 1. The van der Waals surface area contributed by atoms with Crippen molar-refractivity contribution in [3.05, 3.63) is 29.8 Å². The molecule has 1 aromatic rings. The minimum Gasteiger partial charge on any atom is -0.544 e. The second kappa shape index (κ2) is 7.49. The molecule has 5 heteroatoms. The summed E-state index contributed by atoms with van der Waals surface area (Å²) in [5.41, 5.74) is 0.824. The van der Waals surface area contributed by atoms with Gasteiger partial charge in [-0.05, 0) is 43.3 Å². The lowest BCUT2D eigenvalue weighted by Crippen LogP contribution is -2.34. The number of carbonyl (C=O) groups excluding carboxylic acids is 1. The third-order valence-corrected chi connectivity index (χ3v) is 7.05. The van der Waals surface area contributed by atoms with Crippen LogP contribution < -0.4 is 9.74 Å². The maximum absolute atomic E-state index is 11.6. The molecular formula is C18H29NO3Si. The lowest BCUT2D eigenvalue weighted by molar-refractivity contribution is -0.119. The van der Waals surface area contributed by atoms with Crippen LogP contribution in [0, 0.1) is 0 Å². The van der Waals surface area contributed by atoms with Crippen molar-refractivity contribution in [1.29, 1.82) is 0 Å². The highest BCUT2D eigenvalue weighted by Gasteiger charge is 2.39. The molecule has 0 aliphatic carbocycles. The number of hydrogen-bond acceptors (Lipinski definition) is 3. The number of rotatable bonds is 8. The second-order valence-electron chi connectivity index (χ2n) is 7.20. The molecule has 128 valence electrons. The summed E-state index contributed by atoms with van der Waals surface area (Å²) in [5, 5.41) is 12.3. The van der Waals surface area contributed by atoms with Crippen LogP contribution in [0.4, 0.5) is 0 Å². The van der Waals surface area contributed by atoms with E-state index in [0.717, 1.165) is 17.4 Å². The summed E-state index contributed by atoms with van der Waals surface area (Å²) in [6.07, 6.45) is 3.46. The minimum atomic E-state index is -1.67. The fraction of sp³-hybridized carbons (Fsp3) is 0.611. The molecule has 0 aromatic heterocycles. The Labute approximate surface area is 140 Å². The van der Waals surface area contributed by atoms with Crippen molar-refractivity contribution in [2.75, 3.05) is 13.2 Å². The topological polar surface area (TPSA) is 58.6 Å². The fourth-order valence-electron chi connectivity index (χ4n) is 3.29. The Morgan fingerprint density at radius 2 is 2.00 bits per heavy atom. The zero-order valence-electron chi connectivity index (χ0n) is 14.5. The SMILES string of the molecule is CCCC[Si](C)(C)Oc1ccc(C2(CCO)CNC(=O)C2)cc1. The van der Waals surface area contributed by atoms with Gasteiger partial charge in [0.25, 0.3) is 0 Å². The van der Waals surface area contributed by atoms with Gasteiger partial charge in [-0.15, -0.1) is 0 Å². The third-order valence-electron chi connectivity index (χ3n) is 4.71. The molecule has 1 heterocycles. The van der Waals surface area contributed by atoms with E-state index >= 15 is 0 Å². The average molecular weight is 336 g/mol. The first-order chi connectivity index (χ1) is 10.9. The van der Waals surface area contributed by atoms with Crippen LogP contribution in [0.3, 0.4) is 0 Å². The van der Waals surface area contributed by atoms with Crippen LogP contribution in [0.5, 0.6) is 5.75 Å². The molecule has 0 spiro atoms. The van der Waals surface area contributed by atoms with Crippen LogP contribution in [-0.4, -0.2) is 32.5 Å². The predicted molar refractivity (Wildman–Crippen MR) is 95.3 cm³/mol. The molecule has 1 aliphatic rings. The van der Waals surface area contributed by atoms with Gasteiger partial charge >= 0.3 is 0 Å². The number of benzene rings is 1. The molecule has 4 nitrogen and oxygen atoms in total. The van der Waals surface area contributed by atoms with Crippen LogP contribution in [0.15, 0.2) is 24.3 Å². The van der Waals surface area contributed by atoms with Gasteiger partial charge in [0.1, 0.15) is 5.75 Å². The lowest BCUT2D eigenvalue weighted by atomic mass is 9.77. The van der Waals surface area contributed by atoms with Crippen LogP contribution in [0.1, 0.15) is 38.2 Å². The summed E-state index contributed by atoms with van der Waals surface area (Å²) in [5.74, 6) is 0.977. The Balaban J connectivity index is 2.10. The third kappa shape index (κ3) is 4.58. The summed E-state index contributed by atoms with van der Waals surface area (Å²) < 4.78 is 6.24. The molecule has 0 radical (unpaired) electrons. The van der Waals surface area contributed by atoms with Crippen molar-refractivity contribution < 1.29 is 14.3 Å². The molecule has 0 bridgehead atoms. The van der Waals surface area contributed by atoms with E-state index in [-0.39, 0.29) is 17.9 Å². The highest BCUT2D eigenvalue weighted by Crippen LogP contribution is 2.35. The van der Waals surface area contributed by atoms with Gasteiger partial charge in [-0.2, -0.15) is 0 Å². The fourth-order valence-corrected chi connectivity index (χ4v) is 5.37. The first-order valence-corrected chi connectivity index (χ1v) is 11.7. The van der Waals surface area contributed by atoms with Crippen molar-refractivity contribution in [2.45, 2.75) is 57.2 Å². The molecule has 2 rings (SSSR count). The Hall–Kier alpha value is -1.33. The first-order valence-electron chi connectivity index (χ1n) is 8.58. The number of hydrogen-bond donors (Lipinski definition) is 2. The maximum atomic E-state index is 11.6. The number of unbranched alkanes of at least 4 members (excludes halogenated alkanes) is 1. The quantitative estimate of drug-likeness (QED) is 0.717. The Morgan fingerprint density at radius 3 is 2.52 bits per heavy atom. The monoisotopic (exact) mass is 335 g/mol. The van der Waals surface area contributed by atoms with Crippen molar-refractivity contribution in [2.24, 2.45) is 0 Å². The standard InChI is InChI=1S/C18H29NO3Si/c1-4-5-12-23(2,3)22-16-8-6-15(7-9-16)18(10-11-20)13-17(21)19-14-18/h6-9,20H,4-5,10-14H2,1-3H3,(H,19,21). The van der Waals surface area contributed by atoms with Gasteiger partial charge in [0, 0.05) is 25.0 Å². The first kappa shape index (κ1) is 18.0. The second-order valence-corrected chi connectivity index (χ2v) is 11.4. The number of aliphatic hydroxyl groups excluding tert-OH is 1. The number of nitrogens with one attached hydrogen (secondary N) is 1. The van der Waals surface area contributed by atoms with Crippen LogP contribution in [0.2, 0.25) is 19.1 Å². The van der Waals surface area contributed by atoms with Crippen molar-refractivity contribution in [1.82, 2.24) is 5.32 Å². The summed E-state index contributed by atoms with van der Waals surface area (Å²) in [6.45, 7) is 7.40.